The van der Waals surface area contributed by atoms with Crippen molar-refractivity contribution >= 4 is 11.8 Å². The molecular formula is C21H30O4. The Hall–Kier alpha value is -1.42. The van der Waals surface area contributed by atoms with Crippen LogP contribution in [0.5, 0.6) is 0 Å². The Balaban J connectivity index is 2.17. The van der Waals surface area contributed by atoms with Gasteiger partial charge in [0.25, 0.3) is 0 Å². The second-order valence-electron chi connectivity index (χ2n) is 8.49. The first-order chi connectivity index (χ1) is 11.8. The van der Waals surface area contributed by atoms with E-state index in [1.54, 1.807) is 0 Å². The number of hydrogen-bond donors (Lipinski definition) is 1. The molecule has 1 saturated carbocycles. The molecule has 3 atom stereocenters. The van der Waals surface area contributed by atoms with Gasteiger partial charge in [-0.25, -0.2) is 0 Å². The van der Waals surface area contributed by atoms with Crippen LogP contribution in [0.4, 0.5) is 0 Å². The van der Waals surface area contributed by atoms with E-state index in [1.165, 1.54) is 18.3 Å². The number of carbonyl (C=O) groups is 2. The van der Waals surface area contributed by atoms with E-state index in [0.29, 0.717) is 25.2 Å². The van der Waals surface area contributed by atoms with Crippen molar-refractivity contribution in [2.75, 3.05) is 13.7 Å². The summed E-state index contributed by atoms with van der Waals surface area (Å²) in [6.07, 6.45) is 6.22. The van der Waals surface area contributed by atoms with Crippen LogP contribution in [0.2, 0.25) is 0 Å². The summed E-state index contributed by atoms with van der Waals surface area (Å²) in [5.74, 6) is 0.472. The maximum Gasteiger partial charge on any atom is 0.315 e. The molecule has 4 nitrogen and oxygen atoms in total. The van der Waals surface area contributed by atoms with Gasteiger partial charge in [0, 0.05) is 11.8 Å². The summed E-state index contributed by atoms with van der Waals surface area (Å²) in [5.41, 5.74) is 2.34. The van der Waals surface area contributed by atoms with Gasteiger partial charge < -0.3 is 9.84 Å². The normalized spacial score (nSPS) is 35.2. The second kappa shape index (κ2) is 6.39. The summed E-state index contributed by atoms with van der Waals surface area (Å²) in [7, 11) is 1.47. The number of allylic oxidation sites excluding steroid dienone is 2. The SMILES string of the molecule is COC(=O)[C@@]12CCC(C(C)C)=C1[C@@H]1CC=C(CO)CC(=O)[C@@]1(C)CC2. The molecule has 1 N–H and O–H groups in total. The highest BCUT2D eigenvalue weighted by molar-refractivity contribution is 5.90. The van der Waals surface area contributed by atoms with Gasteiger partial charge in [0.2, 0.25) is 0 Å². The number of aliphatic hydroxyl groups is 1. The number of esters is 1. The predicted octanol–water partition coefficient (Wildman–Crippen LogP) is 3.59. The number of ketones is 1. The van der Waals surface area contributed by atoms with Crippen LogP contribution in [-0.2, 0) is 14.3 Å². The van der Waals surface area contributed by atoms with Crippen LogP contribution in [0.15, 0.2) is 22.8 Å². The molecule has 0 amide bonds. The molecule has 1 fully saturated rings. The third-order valence-electron chi connectivity index (χ3n) is 7.01. The van der Waals surface area contributed by atoms with Crippen LogP contribution >= 0.6 is 0 Å². The highest BCUT2D eigenvalue weighted by atomic mass is 16.5. The lowest BCUT2D eigenvalue weighted by atomic mass is 9.54. The van der Waals surface area contributed by atoms with Gasteiger partial charge in [-0.1, -0.05) is 32.4 Å². The molecule has 0 aromatic rings. The van der Waals surface area contributed by atoms with E-state index in [4.69, 9.17) is 4.74 Å². The number of hydrogen-bond acceptors (Lipinski definition) is 4. The lowest BCUT2D eigenvalue weighted by molar-refractivity contribution is -0.155. The molecule has 0 heterocycles. The Morgan fingerprint density at radius 1 is 1.36 bits per heavy atom. The number of ether oxygens (including phenoxy) is 1. The number of Topliss-reactive ketones (excluding diaryl/α,β-unsaturated/α-hetero) is 1. The van der Waals surface area contributed by atoms with E-state index < -0.39 is 10.8 Å². The second-order valence-corrected chi connectivity index (χ2v) is 8.49. The molecular weight excluding hydrogens is 316 g/mol. The zero-order valence-electron chi connectivity index (χ0n) is 15.9. The zero-order valence-corrected chi connectivity index (χ0v) is 15.9. The largest absolute Gasteiger partial charge is 0.468 e. The molecule has 3 rings (SSSR count). The van der Waals surface area contributed by atoms with E-state index in [9.17, 15) is 14.7 Å². The topological polar surface area (TPSA) is 63.6 Å². The fraction of sp³-hybridized carbons (Fsp3) is 0.714. The van der Waals surface area contributed by atoms with Crippen LogP contribution < -0.4 is 0 Å². The van der Waals surface area contributed by atoms with E-state index in [1.807, 2.05) is 6.08 Å². The van der Waals surface area contributed by atoms with Gasteiger partial charge >= 0.3 is 5.97 Å². The van der Waals surface area contributed by atoms with E-state index in [-0.39, 0.29) is 24.3 Å². The van der Waals surface area contributed by atoms with Gasteiger partial charge in [-0.05, 0) is 55.1 Å². The molecule has 0 aromatic carbocycles. The van der Waals surface area contributed by atoms with Gasteiger partial charge in [-0.2, -0.15) is 0 Å². The van der Waals surface area contributed by atoms with Crippen molar-refractivity contribution in [3.8, 4) is 0 Å². The zero-order chi connectivity index (χ0) is 18.4. The molecule has 0 saturated heterocycles. The minimum absolute atomic E-state index is 0.0387. The van der Waals surface area contributed by atoms with Gasteiger partial charge in [0.15, 0.2) is 0 Å². The standard InChI is InChI=1S/C21H30O4/c1-13(2)15-7-8-21(19(24)25-4)10-9-20(3)16(18(15)21)6-5-14(12-22)11-17(20)23/h5,13,16,22H,6-12H2,1-4H3/t16-,20-,21+/m0/s1. The molecule has 3 aliphatic rings. The third kappa shape index (κ3) is 2.61. The summed E-state index contributed by atoms with van der Waals surface area (Å²) in [4.78, 5) is 25.9. The molecule has 138 valence electrons. The van der Waals surface area contributed by atoms with Crippen molar-refractivity contribution < 1.29 is 19.4 Å². The first kappa shape index (κ1) is 18.4. The van der Waals surface area contributed by atoms with Crippen LogP contribution in [0.3, 0.4) is 0 Å². The molecule has 4 heteroatoms. The van der Waals surface area contributed by atoms with E-state index in [0.717, 1.165) is 24.8 Å². The molecule has 0 spiro atoms. The Kier molecular flexibility index (Phi) is 4.69. The van der Waals surface area contributed by atoms with Crippen LogP contribution in [-0.4, -0.2) is 30.6 Å². The third-order valence-corrected chi connectivity index (χ3v) is 7.01. The number of methoxy groups -OCH3 is 1. The smallest absolute Gasteiger partial charge is 0.315 e. The van der Waals surface area contributed by atoms with Crippen molar-refractivity contribution in [3.05, 3.63) is 22.8 Å². The number of carbonyl (C=O) groups excluding carboxylic acids is 2. The highest BCUT2D eigenvalue weighted by Crippen LogP contribution is 2.62. The molecule has 0 aromatic heterocycles. The predicted molar refractivity (Wildman–Crippen MR) is 95.8 cm³/mol. The summed E-state index contributed by atoms with van der Waals surface area (Å²) >= 11 is 0. The Bertz CT molecular complexity index is 657. The first-order valence-corrected chi connectivity index (χ1v) is 9.44. The van der Waals surface area contributed by atoms with Crippen molar-refractivity contribution in [3.63, 3.8) is 0 Å². The fourth-order valence-corrected chi connectivity index (χ4v) is 5.41. The van der Waals surface area contributed by atoms with Crippen molar-refractivity contribution in [1.29, 1.82) is 0 Å². The average Bonchev–Trinajstić information content (AvgIpc) is 2.94. The molecule has 0 unspecified atom stereocenters. The summed E-state index contributed by atoms with van der Waals surface area (Å²) in [6.45, 7) is 6.36. The minimum Gasteiger partial charge on any atom is -0.468 e. The van der Waals surface area contributed by atoms with Crippen molar-refractivity contribution in [2.24, 2.45) is 22.7 Å². The van der Waals surface area contributed by atoms with E-state index >= 15 is 0 Å². The quantitative estimate of drug-likeness (QED) is 0.626. The van der Waals surface area contributed by atoms with Crippen LogP contribution in [0, 0.1) is 22.7 Å². The lowest BCUT2D eigenvalue weighted by Crippen LogP contribution is -2.48. The Morgan fingerprint density at radius 3 is 2.68 bits per heavy atom. The van der Waals surface area contributed by atoms with Gasteiger partial charge in [0.05, 0.1) is 19.1 Å². The summed E-state index contributed by atoms with van der Waals surface area (Å²) < 4.78 is 5.22. The maximum absolute atomic E-state index is 13.1. The van der Waals surface area contributed by atoms with Crippen LogP contribution in [0.25, 0.3) is 0 Å². The molecule has 3 aliphatic carbocycles. The van der Waals surface area contributed by atoms with Gasteiger partial charge in [0.1, 0.15) is 5.78 Å². The minimum atomic E-state index is -0.545. The van der Waals surface area contributed by atoms with Crippen molar-refractivity contribution in [1.82, 2.24) is 0 Å². The highest BCUT2D eigenvalue weighted by Gasteiger charge is 2.59. The number of aliphatic hydroxyl groups excluding tert-OH is 1. The van der Waals surface area contributed by atoms with Crippen LogP contribution in [0.1, 0.15) is 59.3 Å². The van der Waals surface area contributed by atoms with Crippen molar-refractivity contribution in [2.45, 2.75) is 59.3 Å². The van der Waals surface area contributed by atoms with E-state index in [2.05, 4.69) is 20.8 Å². The lowest BCUT2D eigenvalue weighted by Gasteiger charge is -2.48. The number of rotatable bonds is 3. The molecule has 0 aliphatic heterocycles. The Labute approximate surface area is 150 Å². The maximum atomic E-state index is 13.1. The summed E-state index contributed by atoms with van der Waals surface area (Å²) in [5, 5.41) is 9.55. The fourth-order valence-electron chi connectivity index (χ4n) is 5.41. The monoisotopic (exact) mass is 346 g/mol. The van der Waals surface area contributed by atoms with Gasteiger partial charge in [-0.15, -0.1) is 0 Å². The molecule has 25 heavy (non-hydrogen) atoms. The molecule has 0 bridgehead atoms. The summed E-state index contributed by atoms with van der Waals surface area (Å²) in [6, 6.07) is 0. The van der Waals surface area contributed by atoms with Gasteiger partial charge in [-0.3, -0.25) is 9.59 Å². The average molecular weight is 346 g/mol. The Morgan fingerprint density at radius 2 is 2.08 bits per heavy atom. The first-order valence-electron chi connectivity index (χ1n) is 9.44. The number of fused-ring (bicyclic) bond motifs is 3. The molecule has 0 radical (unpaired) electrons.